The summed E-state index contributed by atoms with van der Waals surface area (Å²) < 4.78 is 54.0. The average molecular weight is 570 g/mol. The minimum absolute atomic E-state index is 0.0349. The molecule has 0 bridgehead atoms. The molecular formula is C24H31N3O11S. The molecule has 14 nitrogen and oxygen atoms in total. The lowest BCUT2D eigenvalue weighted by atomic mass is 9.97. The number of nitrogens with one attached hydrogen (secondary N) is 2. The summed E-state index contributed by atoms with van der Waals surface area (Å²) >= 11 is 0. The van der Waals surface area contributed by atoms with Crippen LogP contribution < -0.4 is 5.32 Å². The molecule has 15 heteroatoms. The van der Waals surface area contributed by atoms with Crippen molar-refractivity contribution in [2.75, 3.05) is 26.0 Å². The van der Waals surface area contributed by atoms with Gasteiger partial charge in [-0.05, 0) is 18.2 Å². The van der Waals surface area contributed by atoms with Gasteiger partial charge in [0.25, 0.3) is 0 Å². The van der Waals surface area contributed by atoms with Gasteiger partial charge in [-0.25, -0.2) is 12.7 Å². The number of hydrogen-bond donors (Lipinski definition) is 2. The van der Waals surface area contributed by atoms with E-state index >= 15 is 0 Å². The molecule has 0 spiro atoms. The van der Waals surface area contributed by atoms with Gasteiger partial charge in [0.05, 0.1) is 0 Å². The molecule has 0 amide bonds. The molecule has 214 valence electrons. The van der Waals surface area contributed by atoms with Crippen molar-refractivity contribution >= 4 is 50.5 Å². The fourth-order valence-electron chi connectivity index (χ4n) is 4.10. The number of nitrogens with zero attached hydrogens (tertiary/aromatic N) is 1. The van der Waals surface area contributed by atoms with Gasteiger partial charge < -0.3 is 34.0 Å². The van der Waals surface area contributed by atoms with E-state index < -0.39 is 64.5 Å². The molecule has 1 aromatic carbocycles. The second kappa shape index (κ2) is 12.0. The van der Waals surface area contributed by atoms with Crippen molar-refractivity contribution in [1.29, 1.82) is 0 Å². The highest BCUT2D eigenvalue weighted by Crippen LogP contribution is 2.32. The van der Waals surface area contributed by atoms with E-state index in [1.54, 1.807) is 18.2 Å². The van der Waals surface area contributed by atoms with Crippen LogP contribution in [0.5, 0.6) is 0 Å². The fraction of sp³-hybridized carbons (Fsp3) is 0.500. The standard InChI is InChI=1S/C24H31N3O11S/c1-12(28)34-11-19-21(35-13(2)29)22(36-14(3)30)23(37-15(4)31)24(38-19)26-16-7-8-18-17(9-16)20(10-25-18)39(32,33)27(5)6/h7-10,19,21-26H,11H2,1-6H3/t19-,21-,22+,23-,24-/m1/s1. The Morgan fingerprint density at radius 3 is 2.08 bits per heavy atom. The number of hydrogen-bond acceptors (Lipinski definition) is 12. The molecule has 1 fully saturated rings. The van der Waals surface area contributed by atoms with Crippen LogP contribution in [0, 0.1) is 0 Å². The minimum Gasteiger partial charge on any atom is -0.463 e. The molecule has 5 atom stereocenters. The number of H-pyrrole nitrogens is 1. The summed E-state index contributed by atoms with van der Waals surface area (Å²) in [6.45, 7) is 4.19. The Balaban J connectivity index is 2.06. The molecule has 0 saturated carbocycles. The Labute approximate surface area is 224 Å². The quantitative estimate of drug-likeness (QED) is 0.322. The zero-order valence-corrected chi connectivity index (χ0v) is 23.1. The molecule has 2 N–H and O–H groups in total. The molecule has 2 aromatic rings. The summed E-state index contributed by atoms with van der Waals surface area (Å²) in [6, 6.07) is 4.81. The van der Waals surface area contributed by atoms with Gasteiger partial charge in [0.15, 0.2) is 24.5 Å². The summed E-state index contributed by atoms with van der Waals surface area (Å²) in [7, 11) is -0.962. The molecule has 0 aliphatic carbocycles. The predicted molar refractivity (Wildman–Crippen MR) is 135 cm³/mol. The molecule has 1 aliphatic heterocycles. The van der Waals surface area contributed by atoms with Crippen LogP contribution in [0.2, 0.25) is 0 Å². The zero-order valence-electron chi connectivity index (χ0n) is 22.2. The molecule has 0 radical (unpaired) electrons. The predicted octanol–water partition coefficient (Wildman–Crippen LogP) is 0.913. The van der Waals surface area contributed by atoms with Gasteiger partial charge in [0.1, 0.15) is 17.6 Å². The molecular weight excluding hydrogens is 538 g/mol. The third-order valence-corrected chi connectivity index (χ3v) is 7.56. The van der Waals surface area contributed by atoms with E-state index in [0.29, 0.717) is 16.6 Å². The van der Waals surface area contributed by atoms with E-state index in [-0.39, 0.29) is 11.5 Å². The highest BCUT2D eigenvalue weighted by Gasteiger charge is 2.52. The van der Waals surface area contributed by atoms with Gasteiger partial charge in [-0.2, -0.15) is 0 Å². The number of aromatic nitrogens is 1. The minimum atomic E-state index is -3.78. The third kappa shape index (κ3) is 7.04. The third-order valence-electron chi connectivity index (χ3n) is 5.70. The van der Waals surface area contributed by atoms with E-state index in [0.717, 1.165) is 25.1 Å². The highest BCUT2D eigenvalue weighted by atomic mass is 32.2. The van der Waals surface area contributed by atoms with E-state index in [1.807, 2.05) is 0 Å². The summed E-state index contributed by atoms with van der Waals surface area (Å²) in [5, 5.41) is 3.40. The van der Waals surface area contributed by atoms with Crippen molar-refractivity contribution in [1.82, 2.24) is 9.29 Å². The number of benzene rings is 1. The van der Waals surface area contributed by atoms with Gasteiger partial charge in [-0.15, -0.1) is 0 Å². The van der Waals surface area contributed by atoms with E-state index in [9.17, 15) is 27.6 Å². The smallest absolute Gasteiger partial charge is 0.303 e. The van der Waals surface area contributed by atoms with Gasteiger partial charge in [-0.3, -0.25) is 19.2 Å². The summed E-state index contributed by atoms with van der Waals surface area (Å²) in [5.41, 5.74) is 0.903. The van der Waals surface area contributed by atoms with Gasteiger partial charge in [0, 0.05) is 64.6 Å². The number of carbonyl (C=O) groups is 4. The number of aromatic amines is 1. The van der Waals surface area contributed by atoms with Crippen LogP contribution in [-0.2, 0) is 52.9 Å². The van der Waals surface area contributed by atoms with Crippen molar-refractivity contribution in [3.8, 4) is 0 Å². The van der Waals surface area contributed by atoms with Gasteiger partial charge in [-0.1, -0.05) is 0 Å². The van der Waals surface area contributed by atoms with Gasteiger partial charge in [0.2, 0.25) is 10.0 Å². The lowest BCUT2D eigenvalue weighted by molar-refractivity contribution is -0.247. The fourth-order valence-corrected chi connectivity index (χ4v) is 5.15. The first-order valence-corrected chi connectivity index (χ1v) is 13.3. The van der Waals surface area contributed by atoms with Crippen LogP contribution in [0.25, 0.3) is 10.9 Å². The van der Waals surface area contributed by atoms with E-state index in [2.05, 4.69) is 10.3 Å². The van der Waals surface area contributed by atoms with Crippen molar-refractivity contribution in [3.05, 3.63) is 24.4 Å². The second-order valence-corrected chi connectivity index (χ2v) is 11.1. The molecule has 1 aliphatic rings. The first kappa shape index (κ1) is 29.9. The van der Waals surface area contributed by atoms with E-state index in [4.69, 9.17) is 23.7 Å². The molecule has 39 heavy (non-hydrogen) atoms. The lowest BCUT2D eigenvalue weighted by Gasteiger charge is -2.44. The number of rotatable bonds is 9. The van der Waals surface area contributed by atoms with Crippen LogP contribution in [-0.4, -0.2) is 92.9 Å². The SMILES string of the molecule is CC(=O)OC[C@H]1O[C@@H](Nc2ccc3[nH]cc(S(=O)(=O)N(C)C)c3c2)[C@H](OC(C)=O)[C@@H](OC(C)=O)[C@@H]1OC(C)=O. The van der Waals surface area contributed by atoms with Crippen molar-refractivity contribution in [3.63, 3.8) is 0 Å². The summed E-state index contributed by atoms with van der Waals surface area (Å²) in [4.78, 5) is 50.4. The number of anilines is 1. The lowest BCUT2D eigenvalue weighted by Crippen LogP contribution is -2.64. The molecule has 2 heterocycles. The van der Waals surface area contributed by atoms with Gasteiger partial charge >= 0.3 is 23.9 Å². The van der Waals surface area contributed by atoms with Crippen LogP contribution in [0.1, 0.15) is 27.7 Å². The topological polar surface area (TPSA) is 180 Å². The van der Waals surface area contributed by atoms with E-state index in [1.165, 1.54) is 27.2 Å². The number of sulfonamides is 1. The Bertz CT molecular complexity index is 1350. The maximum atomic E-state index is 12.8. The Hall–Kier alpha value is -3.69. The first-order valence-electron chi connectivity index (χ1n) is 11.8. The zero-order chi connectivity index (χ0) is 29.1. The number of esters is 4. The number of fused-ring (bicyclic) bond motifs is 1. The molecule has 0 unspecified atom stereocenters. The molecule has 3 rings (SSSR count). The van der Waals surface area contributed by atoms with Crippen LogP contribution in [0.4, 0.5) is 5.69 Å². The monoisotopic (exact) mass is 569 g/mol. The molecule has 1 saturated heterocycles. The van der Waals surface area contributed by atoms with Crippen LogP contribution in [0.15, 0.2) is 29.3 Å². The normalized spacial score (nSPS) is 23.2. The number of carbonyl (C=O) groups excluding carboxylic acids is 4. The summed E-state index contributed by atoms with van der Waals surface area (Å²) in [6.07, 6.45) is -4.93. The van der Waals surface area contributed by atoms with Crippen molar-refractivity contribution < 1.29 is 51.3 Å². The molecule has 1 aromatic heterocycles. The Kier molecular flexibility index (Phi) is 9.19. The maximum absolute atomic E-state index is 12.8. The first-order chi connectivity index (χ1) is 18.2. The Morgan fingerprint density at radius 1 is 0.923 bits per heavy atom. The largest absolute Gasteiger partial charge is 0.463 e. The average Bonchev–Trinajstić information content (AvgIpc) is 3.24. The maximum Gasteiger partial charge on any atom is 0.303 e. The highest BCUT2D eigenvalue weighted by molar-refractivity contribution is 7.89. The second-order valence-electron chi connectivity index (χ2n) is 8.96. The van der Waals surface area contributed by atoms with Crippen molar-refractivity contribution in [2.24, 2.45) is 0 Å². The number of ether oxygens (including phenoxy) is 5. The van der Waals surface area contributed by atoms with Crippen LogP contribution in [0.3, 0.4) is 0 Å². The van der Waals surface area contributed by atoms with Crippen molar-refractivity contribution in [2.45, 2.75) is 63.2 Å². The Morgan fingerprint density at radius 2 is 1.51 bits per heavy atom. The summed E-state index contributed by atoms with van der Waals surface area (Å²) in [5.74, 6) is -2.88. The van der Waals surface area contributed by atoms with Crippen LogP contribution >= 0.6 is 0 Å².